The summed E-state index contributed by atoms with van der Waals surface area (Å²) >= 11 is 0.839. The van der Waals surface area contributed by atoms with Crippen LogP contribution < -0.4 is 9.88 Å². The zero-order valence-electron chi connectivity index (χ0n) is 15.2. The molecule has 0 aliphatic carbocycles. The van der Waals surface area contributed by atoms with Gasteiger partial charge in [-0.25, -0.2) is 18.0 Å². The fraction of sp³-hybridized carbons (Fsp3) is 0.0500. The number of carboxylic acids is 1. The zero-order chi connectivity index (χ0) is 21.6. The molecule has 0 aliphatic heterocycles. The molecule has 4 rings (SSSR count). The van der Waals surface area contributed by atoms with Crippen LogP contribution in [0.2, 0.25) is 0 Å². The van der Waals surface area contributed by atoms with Gasteiger partial charge in [-0.05, 0) is 23.8 Å². The summed E-state index contributed by atoms with van der Waals surface area (Å²) < 4.78 is 47.5. The smallest absolute Gasteiger partial charge is 0.441 e. The van der Waals surface area contributed by atoms with Gasteiger partial charge in [-0.3, -0.25) is 4.79 Å². The van der Waals surface area contributed by atoms with Crippen LogP contribution in [0.25, 0.3) is 21.5 Å². The topological polar surface area (TPSA) is 83.4 Å². The van der Waals surface area contributed by atoms with E-state index in [0.717, 1.165) is 11.3 Å². The van der Waals surface area contributed by atoms with Gasteiger partial charge in [0.05, 0.1) is 10.6 Å². The SMILES string of the molecule is C[n+]1c(C(=O)Nc2csc(-c3cc(F)c(F)c(F)c3)c2C(=O)O)oc2ccccc21. The van der Waals surface area contributed by atoms with Crippen molar-refractivity contribution in [3.63, 3.8) is 0 Å². The number of carboxylic acid groups (broad SMARTS) is 1. The Morgan fingerprint density at radius 1 is 1.13 bits per heavy atom. The highest BCUT2D eigenvalue weighted by Crippen LogP contribution is 2.37. The number of hydrogen-bond acceptors (Lipinski definition) is 4. The van der Waals surface area contributed by atoms with Crippen LogP contribution in [0.3, 0.4) is 0 Å². The molecule has 2 aromatic carbocycles. The summed E-state index contributed by atoms with van der Waals surface area (Å²) in [6.45, 7) is 0. The molecule has 0 spiro atoms. The number of aryl methyl sites for hydroxylation is 1. The number of oxazole rings is 1. The maximum atomic E-state index is 13.6. The normalized spacial score (nSPS) is 11.1. The number of aromatic nitrogens is 1. The Kier molecular flexibility index (Phi) is 4.78. The molecule has 30 heavy (non-hydrogen) atoms. The molecule has 2 aromatic heterocycles. The van der Waals surface area contributed by atoms with Crippen molar-refractivity contribution in [2.24, 2.45) is 7.05 Å². The first-order valence-electron chi connectivity index (χ1n) is 8.46. The molecule has 0 radical (unpaired) electrons. The van der Waals surface area contributed by atoms with E-state index in [-0.39, 0.29) is 27.6 Å². The molecule has 2 N–H and O–H groups in total. The molecule has 2 heterocycles. The van der Waals surface area contributed by atoms with E-state index in [2.05, 4.69) is 5.32 Å². The molecular weight excluding hydrogens is 421 g/mol. The number of aromatic carboxylic acids is 1. The Hall–Kier alpha value is -3.66. The maximum Gasteiger partial charge on any atom is 0.441 e. The van der Waals surface area contributed by atoms with Crippen molar-refractivity contribution in [3.8, 4) is 10.4 Å². The van der Waals surface area contributed by atoms with E-state index < -0.39 is 29.3 Å². The second-order valence-electron chi connectivity index (χ2n) is 6.30. The third-order valence-electron chi connectivity index (χ3n) is 4.43. The number of para-hydroxylation sites is 2. The summed E-state index contributed by atoms with van der Waals surface area (Å²) in [6, 6.07) is 8.33. The first-order chi connectivity index (χ1) is 14.3. The van der Waals surface area contributed by atoms with Crippen LogP contribution in [0.1, 0.15) is 21.0 Å². The van der Waals surface area contributed by atoms with Crippen molar-refractivity contribution >= 4 is 40.0 Å². The van der Waals surface area contributed by atoms with Crippen molar-refractivity contribution in [1.82, 2.24) is 0 Å². The van der Waals surface area contributed by atoms with Gasteiger partial charge in [0.1, 0.15) is 12.6 Å². The molecule has 6 nitrogen and oxygen atoms in total. The lowest BCUT2D eigenvalue weighted by atomic mass is 10.1. The number of benzene rings is 2. The molecule has 0 bridgehead atoms. The summed E-state index contributed by atoms with van der Waals surface area (Å²) in [5.41, 5.74) is 0.496. The number of halogens is 3. The monoisotopic (exact) mass is 433 g/mol. The average molecular weight is 433 g/mol. The van der Waals surface area contributed by atoms with E-state index in [4.69, 9.17) is 4.42 Å². The second kappa shape index (κ2) is 7.30. The number of carbonyl (C=O) groups is 2. The number of rotatable bonds is 4. The quantitative estimate of drug-likeness (QED) is 0.370. The summed E-state index contributed by atoms with van der Waals surface area (Å²) in [6.07, 6.45) is 0. The second-order valence-corrected chi connectivity index (χ2v) is 7.18. The minimum absolute atomic E-state index is 0.0374. The van der Waals surface area contributed by atoms with Gasteiger partial charge < -0.3 is 14.8 Å². The van der Waals surface area contributed by atoms with E-state index in [1.807, 2.05) is 0 Å². The van der Waals surface area contributed by atoms with Gasteiger partial charge in [-0.15, -0.1) is 11.3 Å². The Balaban J connectivity index is 1.74. The number of hydrogen-bond donors (Lipinski definition) is 2. The lowest BCUT2D eigenvalue weighted by Gasteiger charge is -2.05. The van der Waals surface area contributed by atoms with Crippen LogP contribution in [-0.2, 0) is 7.05 Å². The highest BCUT2D eigenvalue weighted by atomic mass is 32.1. The van der Waals surface area contributed by atoms with Crippen molar-refractivity contribution in [2.75, 3.05) is 5.32 Å². The molecule has 0 saturated heterocycles. The van der Waals surface area contributed by atoms with Gasteiger partial charge >= 0.3 is 17.8 Å². The van der Waals surface area contributed by atoms with E-state index in [0.29, 0.717) is 23.2 Å². The number of amides is 1. The summed E-state index contributed by atoms with van der Waals surface area (Å²) in [5.74, 6) is -6.76. The summed E-state index contributed by atoms with van der Waals surface area (Å²) in [5, 5.41) is 13.4. The number of carbonyl (C=O) groups excluding carboxylic acids is 1. The highest BCUT2D eigenvalue weighted by Gasteiger charge is 2.29. The van der Waals surface area contributed by atoms with Crippen LogP contribution in [0.4, 0.5) is 18.9 Å². The third-order valence-corrected chi connectivity index (χ3v) is 5.46. The van der Waals surface area contributed by atoms with E-state index in [9.17, 15) is 27.9 Å². The molecule has 152 valence electrons. The lowest BCUT2D eigenvalue weighted by molar-refractivity contribution is -0.652. The first kappa shape index (κ1) is 19.6. The van der Waals surface area contributed by atoms with E-state index >= 15 is 0 Å². The van der Waals surface area contributed by atoms with E-state index in [1.54, 1.807) is 31.3 Å². The molecule has 0 fully saturated rings. The van der Waals surface area contributed by atoms with Gasteiger partial charge in [0, 0.05) is 11.4 Å². The minimum atomic E-state index is -1.65. The Morgan fingerprint density at radius 2 is 1.80 bits per heavy atom. The molecule has 0 saturated carbocycles. The number of thiophene rings is 1. The molecule has 0 atom stereocenters. The van der Waals surface area contributed by atoms with Crippen LogP contribution in [0.5, 0.6) is 0 Å². The predicted octanol–water partition coefficient (Wildman–Crippen LogP) is 4.35. The minimum Gasteiger partial charge on any atom is -0.478 e. The van der Waals surface area contributed by atoms with E-state index in [1.165, 1.54) is 9.95 Å². The predicted molar refractivity (Wildman–Crippen MR) is 102 cm³/mol. The average Bonchev–Trinajstić information content (AvgIpc) is 3.27. The van der Waals surface area contributed by atoms with Crippen molar-refractivity contribution in [3.05, 3.63) is 70.7 Å². The number of fused-ring (bicyclic) bond motifs is 1. The number of anilines is 1. The zero-order valence-corrected chi connectivity index (χ0v) is 16.0. The molecule has 4 aromatic rings. The Labute approximate surface area is 170 Å². The van der Waals surface area contributed by atoms with Gasteiger partial charge in [0.25, 0.3) is 5.52 Å². The molecule has 0 aliphatic rings. The standard InChI is InChI=1S/C20H11F3N2O4S/c1-25-13-4-2-3-5-14(13)29-19(25)18(26)24-12-8-30-17(15(12)20(27)28)9-6-10(21)16(23)11(22)7-9/h2-8H,1H3,(H-,24,26,27,28)/p+1. The highest BCUT2D eigenvalue weighted by molar-refractivity contribution is 7.14. The summed E-state index contributed by atoms with van der Waals surface area (Å²) in [7, 11) is 1.61. The van der Waals surface area contributed by atoms with Gasteiger partial charge in [0.15, 0.2) is 17.5 Å². The maximum absolute atomic E-state index is 13.6. The number of nitrogens with one attached hydrogen (secondary N) is 1. The largest absolute Gasteiger partial charge is 0.478 e. The van der Waals surface area contributed by atoms with Crippen LogP contribution in [0, 0.1) is 17.5 Å². The summed E-state index contributed by atoms with van der Waals surface area (Å²) in [4.78, 5) is 24.5. The molecule has 0 unspecified atom stereocenters. The lowest BCUT2D eigenvalue weighted by Crippen LogP contribution is -2.36. The van der Waals surface area contributed by atoms with Crippen molar-refractivity contribution in [1.29, 1.82) is 0 Å². The molecular formula is C20H12F3N2O4S+. The number of nitrogens with zero attached hydrogens (tertiary/aromatic N) is 1. The van der Waals surface area contributed by atoms with Crippen LogP contribution >= 0.6 is 11.3 Å². The molecule has 10 heteroatoms. The van der Waals surface area contributed by atoms with Gasteiger partial charge in [-0.2, -0.15) is 4.57 Å². The first-order valence-corrected chi connectivity index (χ1v) is 9.34. The van der Waals surface area contributed by atoms with Crippen LogP contribution in [-0.4, -0.2) is 17.0 Å². The Morgan fingerprint density at radius 3 is 2.43 bits per heavy atom. The van der Waals surface area contributed by atoms with Crippen molar-refractivity contribution < 1.29 is 36.9 Å². The van der Waals surface area contributed by atoms with Gasteiger partial charge in [-0.1, -0.05) is 12.1 Å². The fourth-order valence-electron chi connectivity index (χ4n) is 3.04. The Bertz CT molecular complexity index is 1310. The van der Waals surface area contributed by atoms with Crippen molar-refractivity contribution in [2.45, 2.75) is 0 Å². The molecule has 1 amide bonds. The third kappa shape index (κ3) is 3.20. The van der Waals surface area contributed by atoms with Crippen LogP contribution in [0.15, 0.2) is 46.2 Å². The fourth-order valence-corrected chi connectivity index (χ4v) is 4.02. The van der Waals surface area contributed by atoms with Gasteiger partial charge in [0.2, 0.25) is 5.58 Å².